The largest absolute Gasteiger partial charge is 0.310 e. The summed E-state index contributed by atoms with van der Waals surface area (Å²) in [5.74, 6) is -0.0866. The Morgan fingerprint density at radius 3 is 2.56 bits per heavy atom. The van der Waals surface area contributed by atoms with Gasteiger partial charge in [-0.25, -0.2) is 0 Å². The molecule has 94 valence electrons. The molecule has 0 aliphatic rings. The van der Waals surface area contributed by atoms with E-state index in [2.05, 4.69) is 5.10 Å². The van der Waals surface area contributed by atoms with E-state index in [9.17, 15) is 4.79 Å². The Balaban J connectivity index is 2.26. The number of hydrogen-bond donors (Lipinski definition) is 0. The molecule has 1 amide bonds. The summed E-state index contributed by atoms with van der Waals surface area (Å²) in [5.41, 5.74) is 2.36. The first kappa shape index (κ1) is 12.4. The molecule has 0 radical (unpaired) electrons. The fourth-order valence-electron chi connectivity index (χ4n) is 1.88. The average Bonchev–Trinajstić information content (AvgIpc) is 2.79. The van der Waals surface area contributed by atoms with Crippen molar-refractivity contribution in [3.63, 3.8) is 0 Å². The van der Waals surface area contributed by atoms with E-state index in [-0.39, 0.29) is 5.91 Å². The van der Waals surface area contributed by atoms with Gasteiger partial charge >= 0.3 is 0 Å². The van der Waals surface area contributed by atoms with E-state index >= 15 is 0 Å². The molecule has 0 aliphatic heterocycles. The highest BCUT2D eigenvalue weighted by atomic mass is 16.2. The number of carbonyl (C=O) groups is 1. The van der Waals surface area contributed by atoms with E-state index in [0.29, 0.717) is 5.69 Å². The Bertz CT molecular complexity index is 545. The highest BCUT2D eigenvalue weighted by molar-refractivity contribution is 6.04. The zero-order valence-electron chi connectivity index (χ0n) is 10.9. The molecule has 0 spiro atoms. The fraction of sp³-hybridized carbons (Fsp3) is 0.286. The number of aryl methyl sites for hydroxylation is 2. The third-order valence-corrected chi connectivity index (χ3v) is 2.95. The lowest BCUT2D eigenvalue weighted by Gasteiger charge is -2.15. The third-order valence-electron chi connectivity index (χ3n) is 2.95. The molecule has 1 aromatic heterocycles. The van der Waals surface area contributed by atoms with Crippen molar-refractivity contribution in [1.82, 2.24) is 9.78 Å². The molecule has 4 nitrogen and oxygen atoms in total. The van der Waals surface area contributed by atoms with Gasteiger partial charge in [0, 0.05) is 25.0 Å². The first-order chi connectivity index (χ1) is 8.63. The highest BCUT2D eigenvalue weighted by Gasteiger charge is 2.17. The van der Waals surface area contributed by atoms with Gasteiger partial charge in [0.1, 0.15) is 0 Å². The van der Waals surface area contributed by atoms with Crippen LogP contribution in [0.5, 0.6) is 0 Å². The number of rotatable bonds is 3. The van der Waals surface area contributed by atoms with E-state index in [4.69, 9.17) is 0 Å². The summed E-state index contributed by atoms with van der Waals surface area (Å²) in [7, 11) is 1.76. The van der Waals surface area contributed by atoms with Gasteiger partial charge in [-0.15, -0.1) is 0 Å². The molecule has 1 aromatic carbocycles. The summed E-state index contributed by atoms with van der Waals surface area (Å²) in [6, 6.07) is 11.4. The topological polar surface area (TPSA) is 38.1 Å². The van der Waals surface area contributed by atoms with Crippen molar-refractivity contribution in [1.29, 1.82) is 0 Å². The quantitative estimate of drug-likeness (QED) is 0.830. The summed E-state index contributed by atoms with van der Waals surface area (Å²) in [4.78, 5) is 13.9. The van der Waals surface area contributed by atoms with Gasteiger partial charge < -0.3 is 4.90 Å². The van der Waals surface area contributed by atoms with E-state index in [0.717, 1.165) is 17.9 Å². The zero-order valence-corrected chi connectivity index (χ0v) is 10.9. The lowest BCUT2D eigenvalue weighted by atomic mass is 10.2. The lowest BCUT2D eigenvalue weighted by molar-refractivity contribution is 0.0987. The van der Waals surface area contributed by atoms with Crippen molar-refractivity contribution in [2.45, 2.75) is 20.4 Å². The number of para-hydroxylation sites is 1. The number of hydrogen-bond acceptors (Lipinski definition) is 2. The van der Waals surface area contributed by atoms with Crippen LogP contribution >= 0.6 is 0 Å². The fourth-order valence-corrected chi connectivity index (χ4v) is 1.88. The highest BCUT2D eigenvalue weighted by Crippen LogP contribution is 2.14. The maximum Gasteiger partial charge on any atom is 0.278 e. The standard InChI is InChI=1S/C14H17N3O/c1-4-17-11(2)10-13(15-17)14(18)16(3)12-8-6-5-7-9-12/h5-10H,4H2,1-3H3. The molecule has 0 bridgehead atoms. The van der Waals surface area contributed by atoms with Gasteiger partial charge in [0.2, 0.25) is 0 Å². The van der Waals surface area contributed by atoms with Gasteiger partial charge in [0.15, 0.2) is 5.69 Å². The summed E-state index contributed by atoms with van der Waals surface area (Å²) < 4.78 is 1.83. The van der Waals surface area contributed by atoms with Crippen molar-refractivity contribution in [3.05, 3.63) is 47.8 Å². The molecule has 0 fully saturated rings. The second kappa shape index (κ2) is 5.04. The minimum Gasteiger partial charge on any atom is -0.310 e. The Morgan fingerprint density at radius 2 is 2.00 bits per heavy atom. The molecule has 0 aliphatic carbocycles. The molecule has 1 heterocycles. The molecular weight excluding hydrogens is 226 g/mol. The molecule has 0 saturated heterocycles. The van der Waals surface area contributed by atoms with Crippen molar-refractivity contribution in [3.8, 4) is 0 Å². The third kappa shape index (κ3) is 2.27. The number of carbonyl (C=O) groups excluding carboxylic acids is 1. The molecule has 18 heavy (non-hydrogen) atoms. The molecule has 4 heteroatoms. The van der Waals surface area contributed by atoms with Crippen LogP contribution in [0.15, 0.2) is 36.4 Å². The maximum atomic E-state index is 12.3. The predicted molar refractivity (Wildman–Crippen MR) is 71.8 cm³/mol. The average molecular weight is 243 g/mol. The van der Waals surface area contributed by atoms with E-state index in [1.807, 2.05) is 54.9 Å². The van der Waals surface area contributed by atoms with Crippen LogP contribution in [0.1, 0.15) is 23.1 Å². The summed E-state index contributed by atoms with van der Waals surface area (Å²) in [6.45, 7) is 4.74. The number of benzene rings is 1. The molecule has 0 unspecified atom stereocenters. The van der Waals surface area contributed by atoms with Crippen LogP contribution in [0.2, 0.25) is 0 Å². The van der Waals surface area contributed by atoms with Crippen molar-refractivity contribution in [2.75, 3.05) is 11.9 Å². The van der Waals surface area contributed by atoms with Crippen LogP contribution in [0.25, 0.3) is 0 Å². The van der Waals surface area contributed by atoms with Gasteiger partial charge in [0.25, 0.3) is 5.91 Å². The van der Waals surface area contributed by atoms with Crippen molar-refractivity contribution in [2.24, 2.45) is 0 Å². The summed E-state index contributed by atoms with van der Waals surface area (Å²) in [5, 5.41) is 4.30. The molecular formula is C14H17N3O. The van der Waals surface area contributed by atoms with Crippen molar-refractivity contribution < 1.29 is 4.79 Å². The molecule has 2 rings (SSSR count). The zero-order chi connectivity index (χ0) is 13.1. The van der Waals surface area contributed by atoms with Gasteiger partial charge in [-0.05, 0) is 32.0 Å². The lowest BCUT2D eigenvalue weighted by Crippen LogP contribution is -2.26. The van der Waals surface area contributed by atoms with Crippen molar-refractivity contribution >= 4 is 11.6 Å². The SMILES string of the molecule is CCn1nc(C(=O)N(C)c2ccccc2)cc1C. The Hall–Kier alpha value is -2.10. The number of nitrogens with zero attached hydrogens (tertiary/aromatic N) is 3. The predicted octanol–water partition coefficient (Wildman–Crippen LogP) is 2.49. The van der Waals surface area contributed by atoms with Crippen LogP contribution in [-0.4, -0.2) is 22.7 Å². The summed E-state index contributed by atoms with van der Waals surface area (Å²) >= 11 is 0. The van der Waals surface area contributed by atoms with Crippen LogP contribution in [0.4, 0.5) is 5.69 Å². The van der Waals surface area contributed by atoms with Crippen LogP contribution < -0.4 is 4.90 Å². The minimum absolute atomic E-state index is 0.0866. The van der Waals surface area contributed by atoms with E-state index < -0.39 is 0 Å². The molecule has 2 aromatic rings. The summed E-state index contributed by atoms with van der Waals surface area (Å²) in [6.07, 6.45) is 0. The molecule has 0 atom stereocenters. The Kier molecular flexibility index (Phi) is 3.46. The first-order valence-electron chi connectivity index (χ1n) is 6.01. The number of amides is 1. The van der Waals surface area contributed by atoms with Gasteiger partial charge in [-0.3, -0.25) is 9.48 Å². The number of anilines is 1. The maximum absolute atomic E-state index is 12.3. The Labute approximate surface area is 107 Å². The van der Waals surface area contributed by atoms with Gasteiger partial charge in [-0.2, -0.15) is 5.10 Å². The first-order valence-corrected chi connectivity index (χ1v) is 6.01. The minimum atomic E-state index is -0.0866. The Morgan fingerprint density at radius 1 is 1.33 bits per heavy atom. The normalized spacial score (nSPS) is 10.4. The van der Waals surface area contributed by atoms with Gasteiger partial charge in [0.05, 0.1) is 0 Å². The smallest absolute Gasteiger partial charge is 0.278 e. The number of aromatic nitrogens is 2. The van der Waals surface area contributed by atoms with E-state index in [1.54, 1.807) is 11.9 Å². The molecule has 0 saturated carbocycles. The van der Waals surface area contributed by atoms with Crippen LogP contribution in [0.3, 0.4) is 0 Å². The van der Waals surface area contributed by atoms with Crippen LogP contribution in [-0.2, 0) is 6.54 Å². The monoisotopic (exact) mass is 243 g/mol. The second-order valence-electron chi connectivity index (χ2n) is 4.19. The van der Waals surface area contributed by atoms with Crippen LogP contribution in [0, 0.1) is 6.92 Å². The molecule has 0 N–H and O–H groups in total. The van der Waals surface area contributed by atoms with E-state index in [1.165, 1.54) is 0 Å². The second-order valence-corrected chi connectivity index (χ2v) is 4.19. The van der Waals surface area contributed by atoms with Gasteiger partial charge in [-0.1, -0.05) is 18.2 Å².